The predicted molar refractivity (Wildman–Crippen MR) is 175 cm³/mol. The van der Waals surface area contributed by atoms with Crippen molar-refractivity contribution in [1.82, 2.24) is 24.9 Å². The van der Waals surface area contributed by atoms with Crippen LogP contribution in [0.4, 0.5) is 41.6 Å². The number of benzene rings is 2. The van der Waals surface area contributed by atoms with Gasteiger partial charge in [0.05, 0.1) is 11.1 Å². The van der Waals surface area contributed by atoms with E-state index in [9.17, 15) is 40.7 Å². The molecule has 1 atom stereocenters. The summed E-state index contributed by atoms with van der Waals surface area (Å²) in [6.07, 6.45) is -10.6. The third-order valence-electron chi connectivity index (χ3n) is 10.3. The van der Waals surface area contributed by atoms with Crippen LogP contribution in [0.5, 0.6) is 0 Å². The van der Waals surface area contributed by atoms with E-state index in [4.69, 9.17) is 4.74 Å². The fourth-order valence-electron chi connectivity index (χ4n) is 7.53. The fraction of sp³-hybridized carbons (Fsp3) is 0.571. The van der Waals surface area contributed by atoms with Crippen molar-refractivity contribution in [3.8, 4) is 0 Å². The maximum atomic E-state index is 13.9. The van der Waals surface area contributed by atoms with E-state index < -0.39 is 53.6 Å². The summed E-state index contributed by atoms with van der Waals surface area (Å²) < 4.78 is 87.8. The number of rotatable bonds is 6. The number of likely N-dealkylation sites (tertiary alicyclic amines) is 2. The molecule has 2 N–H and O–H groups in total. The molecule has 278 valence electrons. The number of carbonyl (C=O) groups excluding carboxylic acids is 3. The minimum atomic E-state index is -5.07. The lowest BCUT2D eigenvalue weighted by Crippen LogP contribution is -2.54. The third-order valence-corrected chi connectivity index (χ3v) is 10.3. The molecule has 0 saturated carbocycles. The van der Waals surface area contributed by atoms with Gasteiger partial charge in [-0.2, -0.15) is 26.3 Å². The van der Waals surface area contributed by atoms with Crippen molar-refractivity contribution in [2.45, 2.75) is 69.1 Å². The molecule has 16 heteroatoms. The average molecular weight is 725 g/mol. The van der Waals surface area contributed by atoms with Crippen molar-refractivity contribution in [3.05, 3.63) is 64.7 Å². The van der Waals surface area contributed by atoms with Gasteiger partial charge in [0.25, 0.3) is 5.91 Å². The van der Waals surface area contributed by atoms with Crippen LogP contribution in [0.15, 0.2) is 42.5 Å². The van der Waals surface area contributed by atoms with Gasteiger partial charge in [-0.15, -0.1) is 0 Å². The van der Waals surface area contributed by atoms with E-state index in [0.29, 0.717) is 63.9 Å². The second-order valence-electron chi connectivity index (χ2n) is 13.6. The fourth-order valence-corrected chi connectivity index (χ4v) is 7.53. The van der Waals surface area contributed by atoms with Crippen LogP contribution >= 0.6 is 0 Å². The topological polar surface area (TPSA) is 97.5 Å². The first-order valence-electron chi connectivity index (χ1n) is 17.4. The molecule has 0 aliphatic carbocycles. The summed E-state index contributed by atoms with van der Waals surface area (Å²) >= 11 is 0. The highest BCUT2D eigenvalue weighted by molar-refractivity contribution is 5.91. The van der Waals surface area contributed by atoms with Gasteiger partial charge in [0.15, 0.2) is 6.10 Å². The molecule has 0 radical (unpaired) electrons. The minimum Gasteiger partial charge on any atom is -0.436 e. The number of urea groups is 1. The first-order valence-corrected chi connectivity index (χ1v) is 17.4. The van der Waals surface area contributed by atoms with Crippen LogP contribution in [0.1, 0.15) is 47.9 Å². The molecule has 6 rings (SSSR count). The summed E-state index contributed by atoms with van der Waals surface area (Å²) in [4.78, 5) is 47.4. The number of piperidine rings is 2. The van der Waals surface area contributed by atoms with Gasteiger partial charge >= 0.3 is 24.5 Å². The lowest BCUT2D eigenvalue weighted by Gasteiger charge is -2.41. The summed E-state index contributed by atoms with van der Waals surface area (Å²) in [5, 5.41) is 6.24. The molecule has 4 heterocycles. The summed E-state index contributed by atoms with van der Waals surface area (Å²) in [7, 11) is 0. The highest BCUT2D eigenvalue weighted by Gasteiger charge is 2.40. The molecule has 3 saturated heterocycles. The molecule has 4 aliphatic rings. The Morgan fingerprint density at radius 3 is 2.00 bits per heavy atom. The Kier molecular flexibility index (Phi) is 11.0. The van der Waals surface area contributed by atoms with Gasteiger partial charge in [-0.05, 0) is 67.5 Å². The first kappa shape index (κ1) is 36.7. The molecule has 0 bridgehead atoms. The van der Waals surface area contributed by atoms with Crippen molar-refractivity contribution in [2.75, 3.05) is 64.2 Å². The van der Waals surface area contributed by atoms with Crippen LogP contribution in [0.25, 0.3) is 0 Å². The maximum absolute atomic E-state index is 13.9. The Bertz CT molecular complexity index is 1530. The molecule has 2 aromatic carbocycles. The first-order chi connectivity index (χ1) is 24.3. The molecule has 10 nitrogen and oxygen atoms in total. The van der Waals surface area contributed by atoms with Gasteiger partial charge < -0.3 is 30.1 Å². The van der Waals surface area contributed by atoms with E-state index in [1.54, 1.807) is 4.90 Å². The summed E-state index contributed by atoms with van der Waals surface area (Å²) in [5.41, 5.74) is -1.68. The zero-order valence-electron chi connectivity index (χ0n) is 28.1. The predicted octanol–water partition coefficient (Wildman–Crippen LogP) is 5.22. The minimum absolute atomic E-state index is 0.0284. The number of nitrogens with zero attached hydrogens (tertiary/aromatic N) is 4. The number of hydrogen-bond acceptors (Lipinski definition) is 6. The molecule has 2 aromatic rings. The average Bonchev–Trinajstić information content (AvgIpc) is 3.28. The molecule has 0 spiro atoms. The number of ether oxygens (including phenoxy) is 1. The smallest absolute Gasteiger partial charge is 0.416 e. The number of halogens is 6. The Labute approximate surface area is 292 Å². The maximum Gasteiger partial charge on any atom is 0.416 e. The van der Waals surface area contributed by atoms with Gasteiger partial charge in [0, 0.05) is 83.1 Å². The van der Waals surface area contributed by atoms with Gasteiger partial charge in [0.2, 0.25) is 0 Å². The van der Waals surface area contributed by atoms with Gasteiger partial charge in [-0.25, -0.2) is 9.59 Å². The Balaban J connectivity index is 1.15. The molecular formula is C35H42F6N6O4. The number of alkyl halides is 6. The quantitative estimate of drug-likeness (QED) is 0.397. The van der Waals surface area contributed by atoms with E-state index in [-0.39, 0.29) is 37.3 Å². The van der Waals surface area contributed by atoms with E-state index in [1.165, 1.54) is 9.80 Å². The summed E-state index contributed by atoms with van der Waals surface area (Å²) in [6, 6.07) is 8.51. The second-order valence-corrected chi connectivity index (χ2v) is 13.6. The number of fused-ring (bicyclic) bond motifs is 1. The van der Waals surface area contributed by atoms with E-state index in [2.05, 4.69) is 15.5 Å². The van der Waals surface area contributed by atoms with Crippen molar-refractivity contribution in [2.24, 2.45) is 0 Å². The standard InChI is InChI=1S/C35H42F6N6O4/c36-34(37,38)25-19-23(20-26(22-25)35(39,40)41)21-30(31(48)45-12-6-27(7-13-45)44-17-10-42-11-18-44)51-33(50)46-14-8-28(9-15-46)47-16-5-24-3-1-2-4-29(24)43-32(47)49/h1-4,19-20,22,27-28,30,42H,5-18,21H2,(H,43,49). The molecule has 3 fully saturated rings. The van der Waals surface area contributed by atoms with Gasteiger partial charge in [-0.1, -0.05) is 18.2 Å². The Morgan fingerprint density at radius 2 is 1.37 bits per heavy atom. The molecule has 51 heavy (non-hydrogen) atoms. The van der Waals surface area contributed by atoms with Crippen molar-refractivity contribution >= 4 is 23.7 Å². The number of anilines is 1. The van der Waals surface area contributed by atoms with Crippen LogP contribution in [0, 0.1) is 0 Å². The van der Waals surface area contributed by atoms with E-state index >= 15 is 0 Å². The zero-order chi connectivity index (χ0) is 36.3. The second kappa shape index (κ2) is 15.3. The summed E-state index contributed by atoms with van der Waals surface area (Å²) in [6.45, 7) is 4.89. The number of para-hydroxylation sites is 1. The van der Waals surface area contributed by atoms with Crippen LogP contribution in [0.3, 0.4) is 0 Å². The SMILES string of the molecule is O=C(OC(Cc1cc(C(F)(F)F)cc(C(F)(F)F)c1)C(=O)N1CCC(N2CCNCC2)CC1)N1CCC(N2CCc3ccccc3NC2=O)CC1. The van der Waals surface area contributed by atoms with Crippen LogP contribution < -0.4 is 10.6 Å². The summed E-state index contributed by atoms with van der Waals surface area (Å²) in [5.74, 6) is -0.663. The largest absolute Gasteiger partial charge is 0.436 e. The number of carbonyl (C=O) groups is 3. The van der Waals surface area contributed by atoms with Crippen LogP contribution in [-0.2, 0) is 34.7 Å². The van der Waals surface area contributed by atoms with Crippen LogP contribution in [0.2, 0.25) is 0 Å². The van der Waals surface area contributed by atoms with E-state index in [0.717, 1.165) is 37.4 Å². The number of amides is 4. The monoisotopic (exact) mass is 724 g/mol. The van der Waals surface area contributed by atoms with Crippen molar-refractivity contribution in [1.29, 1.82) is 0 Å². The molecule has 4 amide bonds. The molecule has 1 unspecified atom stereocenters. The highest BCUT2D eigenvalue weighted by Crippen LogP contribution is 2.37. The molecular weight excluding hydrogens is 682 g/mol. The van der Waals surface area contributed by atoms with Gasteiger partial charge in [0.1, 0.15) is 0 Å². The highest BCUT2D eigenvalue weighted by atomic mass is 19.4. The van der Waals surface area contributed by atoms with Crippen molar-refractivity contribution in [3.63, 3.8) is 0 Å². The third kappa shape index (κ3) is 8.88. The Morgan fingerprint density at radius 1 is 0.784 bits per heavy atom. The van der Waals surface area contributed by atoms with Crippen molar-refractivity contribution < 1.29 is 45.5 Å². The molecule has 4 aliphatic heterocycles. The number of piperazine rings is 1. The zero-order valence-corrected chi connectivity index (χ0v) is 28.1. The normalized spacial score (nSPS) is 20.7. The lowest BCUT2D eigenvalue weighted by atomic mass is 9.98. The Hall–Kier alpha value is -4.05. The molecule has 0 aromatic heterocycles. The lowest BCUT2D eigenvalue weighted by molar-refractivity contribution is -0.143. The van der Waals surface area contributed by atoms with E-state index in [1.807, 2.05) is 24.3 Å². The van der Waals surface area contributed by atoms with Gasteiger partial charge in [-0.3, -0.25) is 9.69 Å². The van der Waals surface area contributed by atoms with Crippen LogP contribution in [-0.4, -0.2) is 115 Å². The number of nitrogens with one attached hydrogen (secondary N) is 2. The number of hydrogen-bond donors (Lipinski definition) is 2.